The monoisotopic (exact) mass is 432 g/mol. The molecular formula is C22H20N6O2S. The summed E-state index contributed by atoms with van der Waals surface area (Å²) < 4.78 is 3.33. The molecule has 9 heteroatoms. The van der Waals surface area contributed by atoms with Gasteiger partial charge in [0.1, 0.15) is 11.2 Å². The van der Waals surface area contributed by atoms with Crippen LogP contribution in [-0.4, -0.2) is 36.0 Å². The molecule has 0 spiro atoms. The molecule has 0 fully saturated rings. The third kappa shape index (κ3) is 3.50. The van der Waals surface area contributed by atoms with Crippen LogP contribution in [0, 0.1) is 13.8 Å². The van der Waals surface area contributed by atoms with E-state index in [0.717, 1.165) is 16.8 Å². The van der Waals surface area contributed by atoms with Crippen LogP contribution >= 0.6 is 11.8 Å². The fraction of sp³-hybridized carbons (Fsp3) is 0.227. The van der Waals surface area contributed by atoms with Crippen molar-refractivity contribution in [2.75, 3.05) is 11.1 Å². The summed E-state index contributed by atoms with van der Waals surface area (Å²) >= 11 is 1.48. The van der Waals surface area contributed by atoms with Crippen molar-refractivity contribution >= 4 is 34.5 Å². The summed E-state index contributed by atoms with van der Waals surface area (Å²) in [5.41, 5.74) is 3.31. The number of rotatable bonds is 4. The Morgan fingerprint density at radius 1 is 1.26 bits per heavy atom. The molecule has 1 aliphatic heterocycles. The molecule has 1 unspecified atom stereocenters. The summed E-state index contributed by atoms with van der Waals surface area (Å²) in [7, 11) is 0. The molecule has 1 amide bonds. The number of nitrogens with one attached hydrogen (secondary N) is 1. The minimum Gasteiger partial charge on any atom is -0.311 e. The van der Waals surface area contributed by atoms with Crippen molar-refractivity contribution in [2.24, 2.45) is 0 Å². The van der Waals surface area contributed by atoms with E-state index in [2.05, 4.69) is 15.4 Å². The van der Waals surface area contributed by atoms with Crippen LogP contribution in [0.1, 0.15) is 23.6 Å². The maximum absolute atomic E-state index is 13.3. The minimum absolute atomic E-state index is 0.170. The van der Waals surface area contributed by atoms with Gasteiger partial charge in [0.2, 0.25) is 5.91 Å². The third-order valence-electron chi connectivity index (χ3n) is 5.32. The van der Waals surface area contributed by atoms with Crippen LogP contribution in [0.25, 0.3) is 16.7 Å². The van der Waals surface area contributed by atoms with Crippen LogP contribution < -0.4 is 10.9 Å². The number of fused-ring (bicyclic) bond motifs is 2. The Morgan fingerprint density at radius 2 is 2.10 bits per heavy atom. The third-order valence-corrected chi connectivity index (χ3v) is 6.42. The van der Waals surface area contributed by atoms with E-state index >= 15 is 0 Å². The van der Waals surface area contributed by atoms with E-state index in [4.69, 9.17) is 4.98 Å². The zero-order valence-electron chi connectivity index (χ0n) is 17.1. The van der Waals surface area contributed by atoms with Crippen LogP contribution in [0.5, 0.6) is 0 Å². The average Bonchev–Trinajstić information content (AvgIpc) is 3.33. The number of para-hydroxylation sites is 1. The van der Waals surface area contributed by atoms with E-state index in [1.165, 1.54) is 11.8 Å². The number of aromatic nitrogens is 5. The van der Waals surface area contributed by atoms with Crippen LogP contribution in [0.2, 0.25) is 0 Å². The average molecular weight is 433 g/mol. The molecule has 3 aromatic heterocycles. The quantitative estimate of drug-likeness (QED) is 0.498. The summed E-state index contributed by atoms with van der Waals surface area (Å²) in [6.45, 7) is 3.93. The highest BCUT2D eigenvalue weighted by atomic mass is 32.2. The van der Waals surface area contributed by atoms with Gasteiger partial charge in [-0.3, -0.25) is 14.2 Å². The van der Waals surface area contributed by atoms with Gasteiger partial charge in [-0.15, -0.1) is 0 Å². The van der Waals surface area contributed by atoms with Crippen LogP contribution in [0.3, 0.4) is 0 Å². The number of hydrogen-bond donors (Lipinski definition) is 1. The molecule has 0 aliphatic carbocycles. The minimum atomic E-state index is -0.268. The Kier molecular flexibility index (Phi) is 4.82. The number of amides is 1. The molecule has 0 saturated carbocycles. The fourth-order valence-corrected chi connectivity index (χ4v) is 4.90. The Bertz CT molecular complexity index is 1380. The molecule has 1 aliphatic rings. The number of benzene rings is 1. The molecule has 8 nitrogen and oxygen atoms in total. The Balaban J connectivity index is 1.46. The van der Waals surface area contributed by atoms with E-state index in [-0.39, 0.29) is 23.9 Å². The second kappa shape index (κ2) is 7.66. The number of aryl methyl sites for hydroxylation is 2. The van der Waals surface area contributed by atoms with Crippen molar-refractivity contribution < 1.29 is 4.79 Å². The fourth-order valence-electron chi connectivity index (χ4n) is 3.77. The topological polar surface area (TPSA) is 94.7 Å². The molecular weight excluding hydrogens is 412 g/mol. The van der Waals surface area contributed by atoms with Crippen molar-refractivity contribution in [3.8, 4) is 5.69 Å². The largest absolute Gasteiger partial charge is 0.311 e. The summed E-state index contributed by atoms with van der Waals surface area (Å²) in [5, 5.41) is 8.29. The smallest absolute Gasteiger partial charge is 0.265 e. The molecule has 1 N–H and O–H groups in total. The van der Waals surface area contributed by atoms with E-state index in [0.29, 0.717) is 27.8 Å². The summed E-state index contributed by atoms with van der Waals surface area (Å²) in [5.74, 6) is 0.942. The zero-order valence-corrected chi connectivity index (χ0v) is 17.9. The lowest BCUT2D eigenvalue weighted by atomic mass is 10.2. The molecule has 156 valence electrons. The van der Waals surface area contributed by atoms with Gasteiger partial charge in [-0.05, 0) is 43.2 Å². The first-order chi connectivity index (χ1) is 15.0. The van der Waals surface area contributed by atoms with Crippen molar-refractivity contribution in [2.45, 2.75) is 31.5 Å². The van der Waals surface area contributed by atoms with E-state index in [1.54, 1.807) is 21.6 Å². The number of thioether (sulfide) groups is 1. The first kappa shape index (κ1) is 19.5. The predicted molar refractivity (Wildman–Crippen MR) is 120 cm³/mol. The van der Waals surface area contributed by atoms with Crippen molar-refractivity contribution in [1.29, 1.82) is 0 Å². The predicted octanol–water partition coefficient (Wildman–Crippen LogP) is 3.27. The lowest BCUT2D eigenvalue weighted by molar-refractivity contribution is -0.116. The van der Waals surface area contributed by atoms with Gasteiger partial charge in [0.05, 0.1) is 17.9 Å². The van der Waals surface area contributed by atoms with Crippen LogP contribution in [-0.2, 0) is 4.79 Å². The number of nitrogens with zero attached hydrogens (tertiary/aromatic N) is 5. The lowest BCUT2D eigenvalue weighted by Gasteiger charge is -2.13. The van der Waals surface area contributed by atoms with Gasteiger partial charge in [0.25, 0.3) is 5.56 Å². The van der Waals surface area contributed by atoms with E-state index in [9.17, 15) is 9.59 Å². The maximum Gasteiger partial charge on any atom is 0.265 e. The Hall–Kier alpha value is -3.46. The first-order valence-corrected chi connectivity index (χ1v) is 10.9. The molecule has 0 saturated heterocycles. The Labute approximate surface area is 182 Å². The van der Waals surface area contributed by atoms with Gasteiger partial charge in [0.15, 0.2) is 10.8 Å². The van der Waals surface area contributed by atoms with Crippen molar-refractivity contribution in [1.82, 2.24) is 24.3 Å². The number of pyridine rings is 1. The second-order valence-corrected chi connectivity index (χ2v) is 8.57. The second-order valence-electron chi connectivity index (χ2n) is 7.59. The molecule has 1 atom stereocenters. The summed E-state index contributed by atoms with van der Waals surface area (Å²) in [6, 6.07) is 11.3. The number of hydrogen-bond acceptors (Lipinski definition) is 6. The van der Waals surface area contributed by atoms with Gasteiger partial charge in [-0.1, -0.05) is 30.0 Å². The van der Waals surface area contributed by atoms with Gasteiger partial charge in [0, 0.05) is 18.4 Å². The highest BCUT2D eigenvalue weighted by Crippen LogP contribution is 2.33. The summed E-state index contributed by atoms with van der Waals surface area (Å²) in [6.07, 6.45) is 3.39. The molecule has 1 aromatic carbocycles. The van der Waals surface area contributed by atoms with Crippen molar-refractivity contribution in [3.05, 3.63) is 70.3 Å². The molecule has 5 rings (SSSR count). The Morgan fingerprint density at radius 3 is 2.90 bits per heavy atom. The number of anilines is 1. The maximum atomic E-state index is 13.3. The number of carbonyl (C=O) groups excluding carboxylic acids is 1. The molecule has 4 aromatic rings. The molecule has 4 heterocycles. The highest BCUT2D eigenvalue weighted by Gasteiger charge is 2.29. The van der Waals surface area contributed by atoms with E-state index < -0.39 is 0 Å². The molecule has 31 heavy (non-hydrogen) atoms. The number of carbonyl (C=O) groups is 1. The normalized spacial score (nSPS) is 15.2. The highest BCUT2D eigenvalue weighted by molar-refractivity contribution is 7.99. The SMILES string of the molecule is Cc1ccnc(NC(=O)CC2CSc3nc4c(cnn4-c4ccccc4C)c(=O)n32)c1. The van der Waals surface area contributed by atoms with Gasteiger partial charge in [-0.2, -0.15) is 5.10 Å². The van der Waals surface area contributed by atoms with Gasteiger partial charge in [-0.25, -0.2) is 14.6 Å². The molecule has 0 bridgehead atoms. The van der Waals surface area contributed by atoms with Crippen molar-refractivity contribution in [3.63, 3.8) is 0 Å². The first-order valence-electron chi connectivity index (χ1n) is 9.93. The summed E-state index contributed by atoms with van der Waals surface area (Å²) in [4.78, 5) is 34.7. The molecule has 0 radical (unpaired) electrons. The van der Waals surface area contributed by atoms with Gasteiger partial charge >= 0.3 is 0 Å². The van der Waals surface area contributed by atoms with Crippen LogP contribution in [0.15, 0.2) is 58.7 Å². The van der Waals surface area contributed by atoms with Crippen LogP contribution in [0.4, 0.5) is 5.82 Å². The lowest BCUT2D eigenvalue weighted by Crippen LogP contribution is -2.28. The van der Waals surface area contributed by atoms with E-state index in [1.807, 2.05) is 50.2 Å². The zero-order chi connectivity index (χ0) is 21.5. The van der Waals surface area contributed by atoms with Gasteiger partial charge < -0.3 is 5.32 Å². The standard InChI is InChI=1S/C22H20N6O2S/c1-13-7-8-23-18(9-13)25-19(29)10-15-12-31-22-26-20-16(21(30)27(15)22)11-24-28(20)17-6-4-3-5-14(17)2/h3-9,11,15H,10,12H2,1-2H3,(H,23,25,29).